The van der Waals surface area contributed by atoms with Crippen LogP contribution in [-0.2, 0) is 4.79 Å². The molecular formula is C17H33NO2. The number of aliphatic hydroxyl groups excluding tert-OH is 1. The first-order valence-corrected chi connectivity index (χ1v) is 8.33. The fourth-order valence-electron chi connectivity index (χ4n) is 3.17. The maximum Gasteiger partial charge on any atom is 0.223 e. The van der Waals surface area contributed by atoms with Crippen LogP contribution in [0.3, 0.4) is 0 Å². The zero-order valence-corrected chi connectivity index (χ0v) is 13.6. The van der Waals surface area contributed by atoms with Crippen molar-refractivity contribution in [2.45, 2.75) is 72.1 Å². The number of hydrogen-bond donors (Lipinski definition) is 2. The molecule has 2 N–H and O–H groups in total. The van der Waals surface area contributed by atoms with Crippen molar-refractivity contribution in [3.63, 3.8) is 0 Å². The number of amides is 1. The van der Waals surface area contributed by atoms with Gasteiger partial charge in [-0.1, -0.05) is 33.6 Å². The molecule has 0 radical (unpaired) electrons. The number of nitrogens with one attached hydrogen (secondary N) is 1. The van der Waals surface area contributed by atoms with Gasteiger partial charge in [-0.15, -0.1) is 0 Å². The van der Waals surface area contributed by atoms with Crippen LogP contribution in [0.25, 0.3) is 0 Å². The monoisotopic (exact) mass is 283 g/mol. The Hall–Kier alpha value is -0.570. The van der Waals surface area contributed by atoms with E-state index >= 15 is 0 Å². The van der Waals surface area contributed by atoms with E-state index in [1.807, 2.05) is 0 Å². The van der Waals surface area contributed by atoms with E-state index in [9.17, 15) is 4.79 Å². The van der Waals surface area contributed by atoms with Gasteiger partial charge in [-0.05, 0) is 49.9 Å². The van der Waals surface area contributed by atoms with Gasteiger partial charge in [0.15, 0.2) is 0 Å². The molecule has 1 saturated carbocycles. The molecule has 1 aliphatic rings. The van der Waals surface area contributed by atoms with Gasteiger partial charge in [0, 0.05) is 19.1 Å². The van der Waals surface area contributed by atoms with Gasteiger partial charge in [0.1, 0.15) is 0 Å². The number of hydrogen-bond acceptors (Lipinski definition) is 2. The van der Waals surface area contributed by atoms with Gasteiger partial charge in [0.2, 0.25) is 5.91 Å². The maximum absolute atomic E-state index is 12.1. The highest BCUT2D eigenvalue weighted by Crippen LogP contribution is 2.39. The van der Waals surface area contributed by atoms with Gasteiger partial charge < -0.3 is 10.4 Å². The van der Waals surface area contributed by atoms with E-state index in [4.69, 9.17) is 5.11 Å². The Morgan fingerprint density at radius 1 is 1.05 bits per heavy atom. The van der Waals surface area contributed by atoms with Crippen LogP contribution >= 0.6 is 0 Å². The Balaban J connectivity index is 2.13. The summed E-state index contributed by atoms with van der Waals surface area (Å²) in [6, 6.07) is 0. The minimum absolute atomic E-state index is 0.242. The van der Waals surface area contributed by atoms with E-state index in [-0.39, 0.29) is 18.4 Å². The second-order valence-electron chi connectivity index (χ2n) is 7.34. The van der Waals surface area contributed by atoms with Crippen LogP contribution in [0.15, 0.2) is 0 Å². The summed E-state index contributed by atoms with van der Waals surface area (Å²) in [7, 11) is 0. The largest absolute Gasteiger partial charge is 0.396 e. The van der Waals surface area contributed by atoms with Crippen LogP contribution < -0.4 is 5.32 Å². The lowest BCUT2D eigenvalue weighted by Crippen LogP contribution is -2.35. The smallest absolute Gasteiger partial charge is 0.223 e. The first-order valence-electron chi connectivity index (χ1n) is 8.33. The molecule has 1 fully saturated rings. The molecule has 1 aliphatic carbocycles. The average molecular weight is 283 g/mol. The Morgan fingerprint density at radius 3 is 2.20 bits per heavy atom. The lowest BCUT2D eigenvalue weighted by atomic mass is 9.69. The molecule has 3 heteroatoms. The molecule has 20 heavy (non-hydrogen) atoms. The predicted molar refractivity (Wildman–Crippen MR) is 83.5 cm³/mol. The average Bonchev–Trinajstić information content (AvgIpc) is 2.41. The lowest BCUT2D eigenvalue weighted by molar-refractivity contribution is -0.126. The number of carbonyl (C=O) groups is 1. The van der Waals surface area contributed by atoms with Crippen molar-refractivity contribution in [2.75, 3.05) is 13.2 Å². The van der Waals surface area contributed by atoms with Crippen LogP contribution in [0.2, 0.25) is 0 Å². The third-order valence-corrected chi connectivity index (χ3v) is 4.71. The van der Waals surface area contributed by atoms with E-state index in [1.165, 1.54) is 12.8 Å². The molecule has 1 rings (SSSR count). The lowest BCUT2D eigenvalue weighted by Gasteiger charge is -2.36. The highest BCUT2D eigenvalue weighted by molar-refractivity contribution is 5.78. The van der Waals surface area contributed by atoms with Crippen molar-refractivity contribution in [3.05, 3.63) is 0 Å². The summed E-state index contributed by atoms with van der Waals surface area (Å²) in [6.45, 7) is 8.01. The van der Waals surface area contributed by atoms with Crippen LogP contribution in [0, 0.1) is 17.3 Å². The van der Waals surface area contributed by atoms with Crippen LogP contribution in [0.5, 0.6) is 0 Å². The number of aliphatic hydroxyl groups is 1. The Bertz CT molecular complexity index is 275. The van der Waals surface area contributed by atoms with Gasteiger partial charge in [-0.2, -0.15) is 0 Å². The molecule has 0 spiro atoms. The number of carbonyl (C=O) groups excluding carboxylic acids is 1. The summed E-state index contributed by atoms with van der Waals surface area (Å²) in [5.74, 6) is 1.27. The SMILES string of the molecule is CC(C)(C)C1CCC(C(=O)NCCCCCCO)CC1. The van der Waals surface area contributed by atoms with Gasteiger partial charge in [0.05, 0.1) is 0 Å². The Kier molecular flexibility index (Phi) is 7.57. The highest BCUT2D eigenvalue weighted by Gasteiger charge is 2.32. The minimum Gasteiger partial charge on any atom is -0.396 e. The first kappa shape index (κ1) is 17.5. The van der Waals surface area contributed by atoms with E-state index in [0.717, 1.165) is 51.0 Å². The molecule has 0 aromatic heterocycles. The fourth-order valence-corrected chi connectivity index (χ4v) is 3.17. The van der Waals surface area contributed by atoms with Crippen LogP contribution in [0.1, 0.15) is 72.1 Å². The van der Waals surface area contributed by atoms with Crippen LogP contribution in [-0.4, -0.2) is 24.2 Å². The maximum atomic E-state index is 12.1. The predicted octanol–water partition coefficient (Wildman–Crippen LogP) is 3.51. The number of rotatable bonds is 7. The van der Waals surface area contributed by atoms with Gasteiger partial charge in [-0.3, -0.25) is 4.79 Å². The summed E-state index contributed by atoms with van der Waals surface area (Å²) in [4.78, 5) is 12.1. The van der Waals surface area contributed by atoms with E-state index in [2.05, 4.69) is 26.1 Å². The molecule has 0 saturated heterocycles. The van der Waals surface area contributed by atoms with E-state index in [1.54, 1.807) is 0 Å². The van der Waals surface area contributed by atoms with Crippen molar-refractivity contribution in [1.82, 2.24) is 5.32 Å². The summed E-state index contributed by atoms with van der Waals surface area (Å²) in [5, 5.41) is 11.8. The topological polar surface area (TPSA) is 49.3 Å². The second-order valence-corrected chi connectivity index (χ2v) is 7.34. The summed E-state index contributed by atoms with van der Waals surface area (Å²) >= 11 is 0. The van der Waals surface area contributed by atoms with Crippen molar-refractivity contribution < 1.29 is 9.90 Å². The molecule has 0 heterocycles. The van der Waals surface area contributed by atoms with Crippen LogP contribution in [0.4, 0.5) is 0 Å². The molecule has 0 atom stereocenters. The highest BCUT2D eigenvalue weighted by atomic mass is 16.2. The summed E-state index contributed by atoms with van der Waals surface area (Å²) in [5.41, 5.74) is 0.383. The third kappa shape index (κ3) is 6.25. The molecule has 0 aromatic carbocycles. The van der Waals surface area contributed by atoms with E-state index < -0.39 is 0 Å². The molecule has 0 bridgehead atoms. The van der Waals surface area contributed by atoms with Gasteiger partial charge in [-0.25, -0.2) is 0 Å². The minimum atomic E-state index is 0.242. The molecule has 0 aliphatic heterocycles. The normalized spacial score (nSPS) is 23.6. The molecule has 118 valence electrons. The number of unbranched alkanes of at least 4 members (excludes halogenated alkanes) is 3. The standard InChI is InChI=1S/C17H33NO2/c1-17(2,3)15-10-8-14(9-11-15)16(20)18-12-6-4-5-7-13-19/h14-15,19H,4-13H2,1-3H3,(H,18,20). The molecule has 1 amide bonds. The third-order valence-electron chi connectivity index (χ3n) is 4.71. The molecule has 3 nitrogen and oxygen atoms in total. The van der Waals surface area contributed by atoms with Crippen molar-refractivity contribution >= 4 is 5.91 Å². The molecular weight excluding hydrogens is 250 g/mol. The van der Waals surface area contributed by atoms with Gasteiger partial charge >= 0.3 is 0 Å². The first-order chi connectivity index (χ1) is 9.45. The Morgan fingerprint density at radius 2 is 1.65 bits per heavy atom. The van der Waals surface area contributed by atoms with Crippen molar-refractivity contribution in [1.29, 1.82) is 0 Å². The van der Waals surface area contributed by atoms with E-state index in [0.29, 0.717) is 5.41 Å². The zero-order chi connectivity index (χ0) is 15.0. The quantitative estimate of drug-likeness (QED) is 0.702. The summed E-state index contributed by atoms with van der Waals surface area (Å²) < 4.78 is 0. The summed E-state index contributed by atoms with van der Waals surface area (Å²) in [6.07, 6.45) is 8.56. The fraction of sp³-hybridized carbons (Fsp3) is 0.941. The van der Waals surface area contributed by atoms with Gasteiger partial charge in [0.25, 0.3) is 0 Å². The molecule has 0 aromatic rings. The Labute approximate surface area is 124 Å². The molecule has 0 unspecified atom stereocenters. The van der Waals surface area contributed by atoms with Crippen molar-refractivity contribution in [2.24, 2.45) is 17.3 Å². The zero-order valence-electron chi connectivity index (χ0n) is 13.6. The van der Waals surface area contributed by atoms with Crippen molar-refractivity contribution in [3.8, 4) is 0 Å². The second kappa shape index (κ2) is 8.66.